The number of ketones is 1. The van der Waals surface area contributed by atoms with Gasteiger partial charge in [-0.25, -0.2) is 0 Å². The van der Waals surface area contributed by atoms with E-state index < -0.39 is 6.04 Å². The predicted molar refractivity (Wildman–Crippen MR) is 89.2 cm³/mol. The van der Waals surface area contributed by atoms with Gasteiger partial charge in [-0.1, -0.05) is 18.2 Å². The molecular weight excluding hydrogens is 314 g/mol. The highest BCUT2D eigenvalue weighted by molar-refractivity contribution is 6.31. The molecule has 1 heterocycles. The van der Waals surface area contributed by atoms with Gasteiger partial charge >= 0.3 is 0 Å². The van der Waals surface area contributed by atoms with Crippen LogP contribution in [0, 0.1) is 0 Å². The minimum Gasteiger partial charge on any atom is -0.497 e. The molecule has 1 saturated heterocycles. The molecule has 1 aliphatic rings. The fourth-order valence-electron chi connectivity index (χ4n) is 2.54. The summed E-state index contributed by atoms with van der Waals surface area (Å²) in [6.07, 6.45) is 0. The summed E-state index contributed by atoms with van der Waals surface area (Å²) in [5.41, 5.74) is 1.42. The Kier molecular flexibility index (Phi) is 3.92. The molecule has 0 aromatic heterocycles. The zero-order chi connectivity index (χ0) is 16.6. The topological polar surface area (TPSA) is 46.6 Å². The average Bonchev–Trinajstić information content (AvgIpc) is 2.59. The Morgan fingerprint density at radius 1 is 1.13 bits per heavy atom. The van der Waals surface area contributed by atoms with Crippen LogP contribution >= 0.6 is 11.6 Å². The summed E-state index contributed by atoms with van der Waals surface area (Å²) >= 11 is 5.87. The van der Waals surface area contributed by atoms with Crippen molar-refractivity contribution in [2.24, 2.45) is 0 Å². The van der Waals surface area contributed by atoms with Crippen LogP contribution in [0.3, 0.4) is 0 Å². The maximum atomic E-state index is 12.7. The van der Waals surface area contributed by atoms with E-state index in [0.717, 1.165) is 0 Å². The third-order valence-corrected chi connectivity index (χ3v) is 4.06. The fourth-order valence-corrected chi connectivity index (χ4v) is 2.66. The van der Waals surface area contributed by atoms with Crippen molar-refractivity contribution >= 4 is 29.0 Å². The predicted octanol–water partition coefficient (Wildman–Crippen LogP) is 3.50. The van der Waals surface area contributed by atoms with Gasteiger partial charge in [0.15, 0.2) is 5.78 Å². The molecule has 1 unspecified atom stereocenters. The zero-order valence-corrected chi connectivity index (χ0v) is 13.2. The molecule has 0 aliphatic carbocycles. The molecule has 0 spiro atoms. The summed E-state index contributed by atoms with van der Waals surface area (Å²) < 4.78 is 5.08. The van der Waals surface area contributed by atoms with Crippen LogP contribution in [0.15, 0.2) is 60.7 Å². The zero-order valence-electron chi connectivity index (χ0n) is 12.5. The van der Waals surface area contributed by atoms with E-state index in [1.54, 1.807) is 55.6 Å². The summed E-state index contributed by atoms with van der Waals surface area (Å²) in [7, 11) is 1.56. The Labute approximate surface area is 138 Å². The van der Waals surface area contributed by atoms with E-state index >= 15 is 0 Å². The van der Waals surface area contributed by atoms with Crippen LogP contribution in [-0.2, 0) is 4.79 Å². The highest BCUT2D eigenvalue weighted by Gasteiger charge is 2.46. The molecule has 1 amide bonds. The molecule has 1 atom stereocenters. The van der Waals surface area contributed by atoms with E-state index in [4.69, 9.17) is 16.3 Å². The van der Waals surface area contributed by atoms with Crippen molar-refractivity contribution < 1.29 is 14.3 Å². The SMILES string of the molecule is C=C1C(=O)N(c2ccc(Cl)cc2)C1C(=O)c1ccc(OC)cc1. The molecule has 3 rings (SSSR count). The van der Waals surface area contributed by atoms with Crippen molar-refractivity contribution in [2.75, 3.05) is 12.0 Å². The molecule has 2 aromatic carbocycles. The molecule has 0 radical (unpaired) electrons. The number of β-lactam (4-membered cyclic amide) rings is 1. The van der Waals surface area contributed by atoms with Gasteiger partial charge in [-0.15, -0.1) is 0 Å². The lowest BCUT2D eigenvalue weighted by atomic mass is 9.88. The Hall–Kier alpha value is -2.59. The number of carbonyl (C=O) groups is 2. The maximum Gasteiger partial charge on any atom is 0.257 e. The number of amides is 1. The first-order chi connectivity index (χ1) is 11.0. The second-order valence-corrected chi connectivity index (χ2v) is 5.61. The van der Waals surface area contributed by atoms with Gasteiger partial charge in [0.2, 0.25) is 0 Å². The molecular formula is C18H14ClNO3. The van der Waals surface area contributed by atoms with E-state index in [2.05, 4.69) is 6.58 Å². The number of Topliss-reactive ketones (excluding diaryl/α,β-unsaturated/α-hetero) is 1. The van der Waals surface area contributed by atoms with E-state index in [0.29, 0.717) is 27.6 Å². The molecule has 23 heavy (non-hydrogen) atoms. The van der Waals surface area contributed by atoms with Gasteiger partial charge in [-0.2, -0.15) is 0 Å². The number of carbonyl (C=O) groups excluding carboxylic acids is 2. The Morgan fingerprint density at radius 2 is 1.74 bits per heavy atom. The third kappa shape index (κ3) is 2.62. The maximum absolute atomic E-state index is 12.7. The summed E-state index contributed by atoms with van der Waals surface area (Å²) in [4.78, 5) is 26.3. The van der Waals surface area contributed by atoms with Crippen molar-refractivity contribution in [3.8, 4) is 5.75 Å². The number of hydrogen-bond donors (Lipinski definition) is 0. The Bertz CT molecular complexity index is 781. The van der Waals surface area contributed by atoms with E-state index in [9.17, 15) is 9.59 Å². The van der Waals surface area contributed by atoms with Crippen molar-refractivity contribution in [2.45, 2.75) is 6.04 Å². The fraction of sp³-hybridized carbons (Fsp3) is 0.111. The third-order valence-electron chi connectivity index (χ3n) is 3.81. The Morgan fingerprint density at radius 3 is 2.30 bits per heavy atom. The number of anilines is 1. The number of hydrogen-bond acceptors (Lipinski definition) is 3. The van der Waals surface area contributed by atoms with Crippen molar-refractivity contribution in [1.29, 1.82) is 0 Å². The average molecular weight is 328 g/mol. The lowest BCUT2D eigenvalue weighted by Crippen LogP contribution is -2.59. The second-order valence-electron chi connectivity index (χ2n) is 5.17. The molecule has 0 N–H and O–H groups in total. The Balaban J connectivity index is 1.89. The summed E-state index contributed by atoms with van der Waals surface area (Å²) in [6, 6.07) is 12.9. The van der Waals surface area contributed by atoms with E-state index in [-0.39, 0.29) is 11.7 Å². The van der Waals surface area contributed by atoms with Gasteiger partial charge in [-0.05, 0) is 48.5 Å². The smallest absolute Gasteiger partial charge is 0.257 e. The lowest BCUT2D eigenvalue weighted by Gasteiger charge is -2.41. The molecule has 116 valence electrons. The largest absolute Gasteiger partial charge is 0.497 e. The van der Waals surface area contributed by atoms with E-state index in [1.165, 1.54) is 4.90 Å². The summed E-state index contributed by atoms with van der Waals surface area (Å²) in [6.45, 7) is 3.73. The van der Waals surface area contributed by atoms with Gasteiger partial charge in [0.05, 0.1) is 7.11 Å². The molecule has 0 saturated carbocycles. The van der Waals surface area contributed by atoms with Crippen molar-refractivity contribution in [3.63, 3.8) is 0 Å². The lowest BCUT2D eigenvalue weighted by molar-refractivity contribution is -0.118. The van der Waals surface area contributed by atoms with Gasteiger partial charge < -0.3 is 4.74 Å². The number of rotatable bonds is 4. The number of nitrogens with zero attached hydrogens (tertiary/aromatic N) is 1. The first-order valence-corrected chi connectivity index (χ1v) is 7.37. The van der Waals surface area contributed by atoms with Crippen LogP contribution in [0.1, 0.15) is 10.4 Å². The van der Waals surface area contributed by atoms with Gasteiger partial charge in [0.1, 0.15) is 11.8 Å². The molecule has 1 fully saturated rings. The normalized spacial score (nSPS) is 17.0. The van der Waals surface area contributed by atoms with Crippen molar-refractivity contribution in [3.05, 3.63) is 71.3 Å². The highest BCUT2D eigenvalue weighted by Crippen LogP contribution is 2.34. The highest BCUT2D eigenvalue weighted by atomic mass is 35.5. The van der Waals surface area contributed by atoms with Gasteiger partial charge in [0, 0.05) is 21.8 Å². The monoisotopic (exact) mass is 327 g/mol. The van der Waals surface area contributed by atoms with Crippen LogP contribution in [-0.4, -0.2) is 24.8 Å². The number of methoxy groups -OCH3 is 1. The van der Waals surface area contributed by atoms with Crippen LogP contribution in [0.25, 0.3) is 0 Å². The minimum atomic E-state index is -0.683. The molecule has 1 aliphatic heterocycles. The van der Waals surface area contributed by atoms with Gasteiger partial charge in [-0.3, -0.25) is 14.5 Å². The first-order valence-electron chi connectivity index (χ1n) is 6.99. The molecule has 2 aromatic rings. The summed E-state index contributed by atoms with van der Waals surface area (Å²) in [5.74, 6) is 0.242. The minimum absolute atomic E-state index is 0.174. The van der Waals surface area contributed by atoms with Crippen LogP contribution in [0.4, 0.5) is 5.69 Å². The molecule has 4 nitrogen and oxygen atoms in total. The quantitative estimate of drug-likeness (QED) is 0.490. The number of ether oxygens (including phenoxy) is 1. The second kappa shape index (κ2) is 5.89. The van der Waals surface area contributed by atoms with E-state index in [1.807, 2.05) is 0 Å². The van der Waals surface area contributed by atoms with Gasteiger partial charge in [0.25, 0.3) is 5.91 Å². The standard InChI is InChI=1S/C18H14ClNO3/c1-11-16(17(21)12-3-9-15(23-2)10-4-12)20(18(11)22)14-7-5-13(19)6-8-14/h3-10,16H,1H2,2H3. The van der Waals surface area contributed by atoms with Crippen molar-refractivity contribution in [1.82, 2.24) is 0 Å². The van der Waals surface area contributed by atoms with Crippen LogP contribution in [0.5, 0.6) is 5.75 Å². The number of benzene rings is 2. The van der Waals surface area contributed by atoms with Crippen LogP contribution < -0.4 is 9.64 Å². The number of halogens is 1. The summed E-state index contributed by atoms with van der Waals surface area (Å²) in [5, 5.41) is 0.568. The first kappa shape index (κ1) is 15.3. The molecule has 0 bridgehead atoms. The molecule has 5 heteroatoms. The van der Waals surface area contributed by atoms with Crippen LogP contribution in [0.2, 0.25) is 5.02 Å².